The van der Waals surface area contributed by atoms with Gasteiger partial charge >= 0.3 is 0 Å². The lowest BCUT2D eigenvalue weighted by atomic mass is 9.89. The molecule has 0 nitrogen and oxygen atoms in total. The SMILES string of the molecule is c1ccc(C2=C(c3ccccc3)[Si](=[Si]3C(c4ccccc4)=C(c4ccccc4)C(c4ccccc4)=C3c3ccccc3)C(c3ccccc3)=C2c2ccccc2)cc1. The maximum Gasteiger partial charge on any atom is 0.0719 e. The summed E-state index contributed by atoms with van der Waals surface area (Å²) in [4.78, 5) is 0. The Balaban J connectivity index is 1.52. The van der Waals surface area contributed by atoms with Crippen molar-refractivity contribution in [2.45, 2.75) is 0 Å². The average molecular weight is 769 g/mol. The molecule has 0 aromatic heterocycles. The lowest BCUT2D eigenvalue weighted by Crippen LogP contribution is -2.23. The van der Waals surface area contributed by atoms with Gasteiger partial charge in [0.1, 0.15) is 0 Å². The maximum absolute atomic E-state index is 2.37. The Morgan fingerprint density at radius 1 is 0.155 bits per heavy atom. The summed E-state index contributed by atoms with van der Waals surface area (Å²) >= 11 is 0. The fraction of sp³-hybridized carbons (Fsp3) is 0. The van der Waals surface area contributed by atoms with Gasteiger partial charge in [0.15, 0.2) is 0 Å². The number of hydrogen-bond donors (Lipinski definition) is 0. The second-order valence-corrected chi connectivity index (χ2v) is 21.2. The third kappa shape index (κ3) is 6.43. The summed E-state index contributed by atoms with van der Waals surface area (Å²) in [5, 5.41) is 5.97. The van der Waals surface area contributed by atoms with Crippen LogP contribution in [0.2, 0.25) is 0 Å². The zero-order valence-corrected chi connectivity index (χ0v) is 34.1. The first-order valence-electron chi connectivity index (χ1n) is 20.0. The van der Waals surface area contributed by atoms with Crippen molar-refractivity contribution in [2.24, 2.45) is 0 Å². The zero-order valence-electron chi connectivity index (χ0n) is 32.1. The zero-order chi connectivity index (χ0) is 38.7. The van der Waals surface area contributed by atoms with Crippen LogP contribution in [0.25, 0.3) is 43.1 Å². The molecule has 0 saturated carbocycles. The number of benzene rings is 8. The van der Waals surface area contributed by atoms with Crippen LogP contribution < -0.4 is 0 Å². The van der Waals surface area contributed by atoms with E-state index < -0.39 is 15.8 Å². The quantitative estimate of drug-likeness (QED) is 0.135. The van der Waals surface area contributed by atoms with E-state index in [0.29, 0.717) is 0 Å². The number of hydrogen-bond acceptors (Lipinski definition) is 0. The van der Waals surface area contributed by atoms with Crippen LogP contribution in [0, 0.1) is 0 Å². The highest BCUT2D eigenvalue weighted by molar-refractivity contribution is 7.30. The van der Waals surface area contributed by atoms with Crippen LogP contribution >= 0.6 is 0 Å². The molecule has 8 aromatic carbocycles. The summed E-state index contributed by atoms with van der Waals surface area (Å²) < 4.78 is 0. The van der Waals surface area contributed by atoms with Gasteiger partial charge in [0.05, 0.1) is 15.8 Å². The minimum atomic E-state index is -1.69. The first kappa shape index (κ1) is 35.6. The van der Waals surface area contributed by atoms with Gasteiger partial charge < -0.3 is 0 Å². The highest BCUT2D eigenvalue weighted by atomic mass is 28.9. The minimum absolute atomic E-state index is 1.26. The summed E-state index contributed by atoms with van der Waals surface area (Å²) in [6.07, 6.45) is 0. The molecule has 2 heterocycles. The lowest BCUT2D eigenvalue weighted by molar-refractivity contribution is 1.58. The summed E-state index contributed by atoms with van der Waals surface area (Å²) in [7, 11) is -3.37. The summed E-state index contributed by atoms with van der Waals surface area (Å²) in [6.45, 7) is 0. The van der Waals surface area contributed by atoms with E-state index in [1.807, 2.05) is 0 Å². The van der Waals surface area contributed by atoms with Gasteiger partial charge in [-0.2, -0.15) is 0 Å². The molecule has 0 amide bonds. The smallest absolute Gasteiger partial charge is 0.0622 e. The van der Waals surface area contributed by atoms with E-state index in [1.54, 1.807) is 0 Å². The van der Waals surface area contributed by atoms with Crippen LogP contribution in [0.5, 0.6) is 0 Å². The van der Waals surface area contributed by atoms with E-state index in [9.17, 15) is 0 Å². The fourth-order valence-corrected chi connectivity index (χ4v) is 20.5. The first-order valence-corrected chi connectivity index (χ1v) is 24.0. The van der Waals surface area contributed by atoms with Crippen molar-refractivity contribution in [3.8, 4) is 0 Å². The molecule has 0 unspecified atom stereocenters. The van der Waals surface area contributed by atoms with Crippen molar-refractivity contribution in [1.29, 1.82) is 0 Å². The molecule has 2 heteroatoms. The van der Waals surface area contributed by atoms with Crippen molar-refractivity contribution in [1.82, 2.24) is 0 Å². The van der Waals surface area contributed by atoms with Gasteiger partial charge in [0.2, 0.25) is 0 Å². The van der Waals surface area contributed by atoms with E-state index >= 15 is 0 Å². The molecule has 0 aliphatic carbocycles. The van der Waals surface area contributed by atoms with Crippen LogP contribution in [0.4, 0.5) is 0 Å². The number of rotatable bonds is 8. The van der Waals surface area contributed by atoms with Gasteiger partial charge in [0.25, 0.3) is 0 Å². The molecule has 0 fully saturated rings. The van der Waals surface area contributed by atoms with Gasteiger partial charge in [-0.3, -0.25) is 0 Å². The fourth-order valence-electron chi connectivity index (χ4n) is 8.90. The summed E-state index contributed by atoms with van der Waals surface area (Å²) in [6, 6.07) is 90.2. The average Bonchev–Trinajstić information content (AvgIpc) is 3.86. The Kier molecular flexibility index (Phi) is 9.78. The lowest BCUT2D eigenvalue weighted by Gasteiger charge is -2.21. The summed E-state index contributed by atoms with van der Waals surface area (Å²) in [5.41, 5.74) is 15.7. The van der Waals surface area contributed by atoms with E-state index in [0.717, 1.165) is 0 Å². The van der Waals surface area contributed by atoms with E-state index in [2.05, 4.69) is 243 Å². The van der Waals surface area contributed by atoms with Crippen molar-refractivity contribution < 1.29 is 0 Å². The molecule has 10 rings (SSSR count). The Bertz CT molecular complexity index is 2490. The second-order valence-electron chi connectivity index (χ2n) is 14.7. The largest absolute Gasteiger partial charge is 0.0719 e. The van der Waals surface area contributed by atoms with Crippen LogP contribution in [-0.4, -0.2) is 15.8 Å². The molecule has 0 spiro atoms. The number of allylic oxidation sites excluding steroid dienone is 4. The molecule has 0 radical (unpaired) electrons. The van der Waals surface area contributed by atoms with E-state index in [1.165, 1.54) is 87.6 Å². The monoisotopic (exact) mass is 768 g/mol. The van der Waals surface area contributed by atoms with Gasteiger partial charge in [-0.15, -0.1) is 0 Å². The molecule has 0 saturated heterocycles. The van der Waals surface area contributed by atoms with Crippen LogP contribution in [-0.2, 0) is 0 Å². The van der Waals surface area contributed by atoms with Crippen molar-refractivity contribution in [2.75, 3.05) is 0 Å². The van der Waals surface area contributed by atoms with Crippen molar-refractivity contribution >= 4 is 58.9 Å². The minimum Gasteiger partial charge on any atom is -0.0622 e. The van der Waals surface area contributed by atoms with Crippen LogP contribution in [0.15, 0.2) is 243 Å². The molecular weight excluding hydrogens is 729 g/mol. The first-order chi connectivity index (χ1) is 28.9. The molecule has 0 N–H and O–H groups in total. The highest BCUT2D eigenvalue weighted by Crippen LogP contribution is 2.54. The molecule has 2 aliphatic heterocycles. The van der Waals surface area contributed by atoms with Gasteiger partial charge in [0, 0.05) is 0 Å². The standard InChI is InChI=1S/C56H40Si2/c1-9-25-41(26-10-1)49-50(42-27-11-2-12-28-42)54(46-35-19-6-20-36-46)57(53(49)45-33-17-5-18-34-45)58-55(47-37-21-7-22-38-47)51(43-29-13-3-14-30-43)52(44-31-15-4-16-32-44)56(58)48-39-23-8-24-40-48/h1-40H. The highest BCUT2D eigenvalue weighted by Gasteiger charge is 2.41. The maximum atomic E-state index is 2.37. The van der Waals surface area contributed by atoms with Gasteiger partial charge in [-0.25, -0.2) is 0 Å². The molecule has 2 aliphatic rings. The third-order valence-corrected chi connectivity index (χ3v) is 20.4. The third-order valence-electron chi connectivity index (χ3n) is 11.2. The second kappa shape index (κ2) is 16.0. The molecule has 0 atom stereocenters. The predicted octanol–water partition coefficient (Wildman–Crippen LogP) is 13.7. The molecular formula is C56H40Si2. The normalized spacial score (nSPS) is 14.2. The van der Waals surface area contributed by atoms with Gasteiger partial charge in [-0.1, -0.05) is 243 Å². The Labute approximate surface area is 344 Å². The van der Waals surface area contributed by atoms with E-state index in [4.69, 9.17) is 0 Å². The molecule has 58 heavy (non-hydrogen) atoms. The summed E-state index contributed by atoms with van der Waals surface area (Å²) in [5.74, 6) is 0. The molecule has 0 bridgehead atoms. The van der Waals surface area contributed by atoms with Crippen molar-refractivity contribution in [3.63, 3.8) is 0 Å². The Hall–Kier alpha value is -6.85. The van der Waals surface area contributed by atoms with Gasteiger partial charge in [-0.05, 0) is 87.6 Å². The van der Waals surface area contributed by atoms with E-state index in [-0.39, 0.29) is 0 Å². The Morgan fingerprint density at radius 3 is 0.448 bits per heavy atom. The van der Waals surface area contributed by atoms with Crippen LogP contribution in [0.1, 0.15) is 44.5 Å². The molecule has 8 aromatic rings. The Morgan fingerprint density at radius 2 is 0.293 bits per heavy atom. The van der Waals surface area contributed by atoms with Crippen LogP contribution in [0.3, 0.4) is 0 Å². The predicted molar refractivity (Wildman–Crippen MR) is 250 cm³/mol. The molecule has 272 valence electrons. The van der Waals surface area contributed by atoms with Crippen molar-refractivity contribution in [3.05, 3.63) is 287 Å². The topological polar surface area (TPSA) is 0 Å².